The summed E-state index contributed by atoms with van der Waals surface area (Å²) in [6.45, 7) is 5.12. The Kier molecular flexibility index (Phi) is 9.71. The fourth-order valence-electron chi connectivity index (χ4n) is 3.12. The summed E-state index contributed by atoms with van der Waals surface area (Å²) in [7, 11) is 1.62. The maximum atomic E-state index is 12.9. The summed E-state index contributed by atoms with van der Waals surface area (Å²) >= 11 is 0. The van der Waals surface area contributed by atoms with Gasteiger partial charge in [0.05, 0.1) is 13.7 Å². The van der Waals surface area contributed by atoms with Gasteiger partial charge in [-0.15, -0.1) is 0 Å². The van der Waals surface area contributed by atoms with Gasteiger partial charge >= 0.3 is 0 Å². The van der Waals surface area contributed by atoms with Crippen molar-refractivity contribution >= 4 is 11.8 Å². The number of amides is 2. The number of likely N-dealkylation sites (N-methyl/N-ethyl adjacent to an activating group) is 1. The Balaban J connectivity index is 1.89. The van der Waals surface area contributed by atoms with Gasteiger partial charge in [-0.05, 0) is 56.5 Å². The number of nitrogens with one attached hydrogen (secondary N) is 1. The molecule has 0 unspecified atom stereocenters. The van der Waals surface area contributed by atoms with Crippen LogP contribution in [-0.2, 0) is 16.0 Å². The molecule has 0 fully saturated rings. The average Bonchev–Trinajstić information content (AvgIpc) is 2.78. The van der Waals surface area contributed by atoms with Gasteiger partial charge in [-0.1, -0.05) is 30.3 Å². The number of ether oxygens (including phenoxy) is 2. The van der Waals surface area contributed by atoms with Crippen LogP contribution >= 0.6 is 0 Å². The number of hydrogen-bond donors (Lipinski definition) is 1. The molecule has 0 bridgehead atoms. The minimum atomic E-state index is -0.510. The lowest BCUT2D eigenvalue weighted by Gasteiger charge is -2.28. The Hall–Kier alpha value is -3.02. The zero-order chi connectivity index (χ0) is 21.8. The Morgan fingerprint density at radius 2 is 1.70 bits per heavy atom. The maximum absolute atomic E-state index is 12.9. The first kappa shape index (κ1) is 23.3. The molecule has 0 aliphatic heterocycles. The number of nitrogens with zero attached hydrogens (tertiary/aromatic N) is 1. The van der Waals surface area contributed by atoms with E-state index < -0.39 is 6.04 Å². The summed E-state index contributed by atoms with van der Waals surface area (Å²) in [5.74, 6) is 1.34. The second-order valence-electron chi connectivity index (χ2n) is 7.02. The molecule has 1 N–H and O–H groups in total. The number of rotatable bonds is 12. The van der Waals surface area contributed by atoms with Crippen molar-refractivity contribution < 1.29 is 19.1 Å². The molecule has 0 saturated heterocycles. The van der Waals surface area contributed by atoms with Gasteiger partial charge in [0.15, 0.2) is 0 Å². The van der Waals surface area contributed by atoms with Gasteiger partial charge in [-0.3, -0.25) is 9.59 Å². The summed E-state index contributed by atoms with van der Waals surface area (Å²) < 4.78 is 10.8. The highest BCUT2D eigenvalue weighted by Gasteiger charge is 2.25. The van der Waals surface area contributed by atoms with Crippen LogP contribution in [-0.4, -0.2) is 49.6 Å². The van der Waals surface area contributed by atoms with Crippen LogP contribution in [0.5, 0.6) is 11.5 Å². The van der Waals surface area contributed by atoms with Gasteiger partial charge in [0.2, 0.25) is 11.8 Å². The van der Waals surface area contributed by atoms with E-state index in [0.717, 1.165) is 17.1 Å². The number of hydrogen-bond acceptors (Lipinski definition) is 4. The van der Waals surface area contributed by atoms with Crippen molar-refractivity contribution in [1.82, 2.24) is 10.2 Å². The molecule has 0 heterocycles. The van der Waals surface area contributed by atoms with Gasteiger partial charge in [0.1, 0.15) is 17.5 Å². The zero-order valence-corrected chi connectivity index (χ0v) is 18.1. The molecule has 30 heavy (non-hydrogen) atoms. The molecule has 2 aromatic rings. The fraction of sp³-hybridized carbons (Fsp3) is 0.417. The van der Waals surface area contributed by atoms with Crippen LogP contribution in [0.3, 0.4) is 0 Å². The van der Waals surface area contributed by atoms with E-state index in [0.29, 0.717) is 39.0 Å². The smallest absolute Gasteiger partial charge is 0.242 e. The molecule has 0 aromatic heterocycles. The summed E-state index contributed by atoms with van der Waals surface area (Å²) in [4.78, 5) is 26.9. The summed E-state index contributed by atoms with van der Waals surface area (Å²) in [5.41, 5.74) is 1.14. The van der Waals surface area contributed by atoms with Crippen LogP contribution in [0, 0.1) is 0 Å². The Labute approximate surface area is 179 Å². The van der Waals surface area contributed by atoms with Crippen LogP contribution in [0.25, 0.3) is 0 Å². The highest BCUT2D eigenvalue weighted by molar-refractivity contribution is 5.87. The third kappa shape index (κ3) is 7.43. The monoisotopic (exact) mass is 412 g/mol. The van der Waals surface area contributed by atoms with Gasteiger partial charge in [-0.25, -0.2) is 0 Å². The standard InChI is InChI=1S/C24H32N2O4/c1-4-25-24(28)19(2)26(17-16-20-9-6-5-7-10-20)23(27)11-8-18-30-22-14-12-21(29-3)13-15-22/h5-7,9-10,12-15,19H,4,8,11,16-18H2,1-3H3,(H,25,28)/t19-/m0/s1. The maximum Gasteiger partial charge on any atom is 0.242 e. The third-order valence-corrected chi connectivity index (χ3v) is 4.87. The first-order valence-corrected chi connectivity index (χ1v) is 10.4. The quantitative estimate of drug-likeness (QED) is 0.542. The van der Waals surface area contributed by atoms with Crippen molar-refractivity contribution in [3.8, 4) is 11.5 Å². The molecule has 0 saturated carbocycles. The van der Waals surface area contributed by atoms with Gasteiger partial charge in [0, 0.05) is 19.5 Å². The van der Waals surface area contributed by atoms with E-state index in [1.165, 1.54) is 0 Å². The first-order chi connectivity index (χ1) is 14.5. The van der Waals surface area contributed by atoms with Crippen molar-refractivity contribution in [3.05, 3.63) is 60.2 Å². The third-order valence-electron chi connectivity index (χ3n) is 4.87. The van der Waals surface area contributed by atoms with E-state index in [2.05, 4.69) is 5.32 Å². The van der Waals surface area contributed by atoms with Crippen LogP contribution in [0.4, 0.5) is 0 Å². The molecule has 1 atom stereocenters. The number of carbonyl (C=O) groups is 2. The minimum absolute atomic E-state index is 0.0389. The summed E-state index contributed by atoms with van der Waals surface area (Å²) in [6, 6.07) is 16.8. The molecule has 0 aliphatic carbocycles. The molecule has 0 spiro atoms. The number of carbonyl (C=O) groups excluding carboxylic acids is 2. The van der Waals surface area contributed by atoms with E-state index in [4.69, 9.17) is 9.47 Å². The van der Waals surface area contributed by atoms with Gasteiger partial charge in [0.25, 0.3) is 0 Å². The second kappa shape index (κ2) is 12.5. The molecule has 162 valence electrons. The van der Waals surface area contributed by atoms with E-state index in [1.807, 2.05) is 61.5 Å². The van der Waals surface area contributed by atoms with Crippen molar-refractivity contribution in [2.45, 2.75) is 39.2 Å². The molecule has 2 aromatic carbocycles. The molecule has 6 nitrogen and oxygen atoms in total. The summed E-state index contributed by atoms with van der Waals surface area (Å²) in [5, 5.41) is 2.81. The van der Waals surface area contributed by atoms with Gasteiger partial charge in [-0.2, -0.15) is 0 Å². The fourth-order valence-corrected chi connectivity index (χ4v) is 3.12. The largest absolute Gasteiger partial charge is 0.497 e. The lowest BCUT2D eigenvalue weighted by molar-refractivity contribution is -0.140. The van der Waals surface area contributed by atoms with E-state index in [9.17, 15) is 9.59 Å². The molecule has 6 heteroatoms. The van der Waals surface area contributed by atoms with Crippen LogP contribution in [0.15, 0.2) is 54.6 Å². The normalized spacial score (nSPS) is 11.4. The second-order valence-corrected chi connectivity index (χ2v) is 7.02. The topological polar surface area (TPSA) is 67.9 Å². The molecule has 2 amide bonds. The minimum Gasteiger partial charge on any atom is -0.497 e. The molecule has 0 radical (unpaired) electrons. The number of methoxy groups -OCH3 is 1. The van der Waals surface area contributed by atoms with E-state index in [-0.39, 0.29) is 11.8 Å². The average molecular weight is 413 g/mol. The van der Waals surface area contributed by atoms with Gasteiger partial charge < -0.3 is 19.7 Å². The lowest BCUT2D eigenvalue weighted by atomic mass is 10.1. The highest BCUT2D eigenvalue weighted by Crippen LogP contribution is 2.17. The van der Waals surface area contributed by atoms with Crippen molar-refractivity contribution in [2.75, 3.05) is 26.8 Å². The predicted octanol–water partition coefficient (Wildman–Crippen LogP) is 3.45. The summed E-state index contributed by atoms with van der Waals surface area (Å²) in [6.07, 6.45) is 1.61. The highest BCUT2D eigenvalue weighted by atomic mass is 16.5. The molecular weight excluding hydrogens is 380 g/mol. The van der Waals surface area contributed by atoms with Crippen molar-refractivity contribution in [2.24, 2.45) is 0 Å². The zero-order valence-electron chi connectivity index (χ0n) is 18.1. The first-order valence-electron chi connectivity index (χ1n) is 10.4. The number of benzene rings is 2. The van der Waals surface area contributed by atoms with Crippen molar-refractivity contribution in [3.63, 3.8) is 0 Å². The molecule has 2 rings (SSSR count). The SMILES string of the molecule is CCNC(=O)[C@H](C)N(CCc1ccccc1)C(=O)CCCOc1ccc(OC)cc1. The van der Waals surface area contributed by atoms with E-state index >= 15 is 0 Å². The Bertz CT molecular complexity index is 778. The van der Waals surface area contributed by atoms with Crippen LogP contribution in [0.2, 0.25) is 0 Å². The lowest BCUT2D eigenvalue weighted by Crippen LogP contribution is -2.48. The Morgan fingerprint density at radius 3 is 2.33 bits per heavy atom. The molecular formula is C24H32N2O4. The predicted molar refractivity (Wildman–Crippen MR) is 118 cm³/mol. The van der Waals surface area contributed by atoms with Crippen molar-refractivity contribution in [1.29, 1.82) is 0 Å². The molecule has 0 aliphatic rings. The van der Waals surface area contributed by atoms with E-state index in [1.54, 1.807) is 18.9 Å². The van der Waals surface area contributed by atoms with Crippen LogP contribution in [0.1, 0.15) is 32.3 Å². The van der Waals surface area contributed by atoms with Crippen LogP contribution < -0.4 is 14.8 Å². The Morgan fingerprint density at radius 1 is 1.03 bits per heavy atom.